The third-order valence-corrected chi connectivity index (χ3v) is 11.7. The molecule has 0 aromatic carbocycles. The summed E-state index contributed by atoms with van der Waals surface area (Å²) in [7, 11) is 0. The van der Waals surface area contributed by atoms with Crippen molar-refractivity contribution in [3.63, 3.8) is 0 Å². The molecule has 4 aliphatic carbocycles. The zero-order valence-electron chi connectivity index (χ0n) is 30.6. The van der Waals surface area contributed by atoms with E-state index in [-0.39, 0.29) is 17.5 Å². The number of ether oxygens (including phenoxy) is 1. The second kappa shape index (κ2) is 20.9. The van der Waals surface area contributed by atoms with Crippen LogP contribution in [0.2, 0.25) is 0 Å². The molecule has 1 saturated heterocycles. The highest BCUT2D eigenvalue weighted by atomic mass is 16.6. The molecule has 0 spiro atoms. The number of carbonyl (C=O) groups excluding carboxylic acids is 3. The molecule has 1 unspecified atom stereocenters. The van der Waals surface area contributed by atoms with Gasteiger partial charge in [-0.1, -0.05) is 84.0 Å². The van der Waals surface area contributed by atoms with E-state index >= 15 is 0 Å². The van der Waals surface area contributed by atoms with Crippen LogP contribution in [0.15, 0.2) is 0 Å². The SMILES string of the molecule is CCCCCCCC(NC(=O)CCCCCCCCCCCNC(=O)NC12CC3CC(CC(C3)C1)C2)C(=O)N[C@H]1O[C@@H](CO)[C@H](O)[C@@H](O)[C@@H]1O. The second-order valence-corrected chi connectivity index (χ2v) is 16.1. The predicted octanol–water partition coefficient (Wildman–Crippen LogP) is 3.92. The van der Waals surface area contributed by atoms with Gasteiger partial charge < -0.3 is 46.4 Å². The van der Waals surface area contributed by atoms with Crippen LogP contribution in [0.5, 0.6) is 0 Å². The summed E-state index contributed by atoms with van der Waals surface area (Å²) >= 11 is 0. The molecule has 6 atom stereocenters. The van der Waals surface area contributed by atoms with E-state index in [1.807, 2.05) is 0 Å². The number of carbonyl (C=O) groups is 3. The summed E-state index contributed by atoms with van der Waals surface area (Å²) in [5, 5.41) is 51.8. The molecule has 5 fully saturated rings. The van der Waals surface area contributed by atoms with E-state index < -0.39 is 49.2 Å². The lowest BCUT2D eigenvalue weighted by Crippen LogP contribution is -2.64. The first-order valence-corrected chi connectivity index (χ1v) is 20.1. The van der Waals surface area contributed by atoms with E-state index in [2.05, 4.69) is 28.2 Å². The lowest BCUT2D eigenvalue weighted by atomic mass is 9.53. The molecule has 12 heteroatoms. The lowest BCUT2D eigenvalue weighted by Gasteiger charge is -2.56. The Kier molecular flexibility index (Phi) is 17.0. The van der Waals surface area contributed by atoms with Crippen LogP contribution in [0.4, 0.5) is 4.79 Å². The van der Waals surface area contributed by atoms with Crippen molar-refractivity contribution in [3.05, 3.63) is 0 Å². The summed E-state index contributed by atoms with van der Waals surface area (Å²) in [5.74, 6) is 1.74. The van der Waals surface area contributed by atoms with Crippen LogP contribution in [0, 0.1) is 17.8 Å². The van der Waals surface area contributed by atoms with Gasteiger partial charge in [0.25, 0.3) is 0 Å². The number of aliphatic hydroxyl groups excluding tert-OH is 4. The molecule has 4 bridgehead atoms. The van der Waals surface area contributed by atoms with Crippen molar-refractivity contribution in [2.45, 2.75) is 190 Å². The number of amides is 4. The Morgan fingerprint density at radius 3 is 1.90 bits per heavy atom. The lowest BCUT2D eigenvalue weighted by molar-refractivity contribution is -0.236. The average molecular weight is 709 g/mol. The van der Waals surface area contributed by atoms with Gasteiger partial charge in [0.1, 0.15) is 30.5 Å². The van der Waals surface area contributed by atoms with Gasteiger partial charge in [0.2, 0.25) is 11.8 Å². The highest BCUT2D eigenvalue weighted by Gasteiger charge is 2.51. The zero-order valence-corrected chi connectivity index (χ0v) is 30.6. The summed E-state index contributed by atoms with van der Waals surface area (Å²) in [6.07, 6.45) is 15.7. The van der Waals surface area contributed by atoms with Gasteiger partial charge in [-0.05, 0) is 75.5 Å². The van der Waals surface area contributed by atoms with Crippen LogP contribution < -0.4 is 21.3 Å². The minimum atomic E-state index is -1.59. The van der Waals surface area contributed by atoms with Gasteiger partial charge in [-0.25, -0.2) is 4.79 Å². The molecule has 1 heterocycles. The van der Waals surface area contributed by atoms with Crippen molar-refractivity contribution in [3.8, 4) is 0 Å². The molecule has 4 amide bonds. The number of urea groups is 1. The Bertz CT molecular complexity index is 1010. The molecule has 4 saturated carbocycles. The normalized spacial score (nSPS) is 32.0. The molecule has 288 valence electrons. The maximum atomic E-state index is 13.2. The van der Waals surface area contributed by atoms with Gasteiger partial charge in [0.15, 0.2) is 6.23 Å². The molecule has 5 aliphatic rings. The van der Waals surface area contributed by atoms with Crippen LogP contribution in [-0.4, -0.2) is 93.6 Å². The maximum absolute atomic E-state index is 13.2. The van der Waals surface area contributed by atoms with Crippen molar-refractivity contribution >= 4 is 17.8 Å². The van der Waals surface area contributed by atoms with Gasteiger partial charge in [-0.2, -0.15) is 0 Å². The fourth-order valence-corrected chi connectivity index (χ4v) is 9.35. The summed E-state index contributed by atoms with van der Waals surface area (Å²) < 4.78 is 5.43. The van der Waals surface area contributed by atoms with Crippen molar-refractivity contribution in [2.75, 3.05) is 13.2 Å². The van der Waals surface area contributed by atoms with Gasteiger partial charge in [0.05, 0.1) is 6.61 Å². The number of hydrogen-bond acceptors (Lipinski definition) is 8. The third kappa shape index (κ3) is 12.6. The number of rotatable bonds is 23. The molecule has 5 rings (SSSR count). The van der Waals surface area contributed by atoms with Crippen molar-refractivity contribution < 1.29 is 39.5 Å². The monoisotopic (exact) mass is 709 g/mol. The zero-order chi connectivity index (χ0) is 35.9. The number of nitrogens with one attached hydrogen (secondary N) is 4. The molecule has 8 N–H and O–H groups in total. The van der Waals surface area contributed by atoms with Gasteiger partial charge in [-0.15, -0.1) is 0 Å². The summed E-state index contributed by atoms with van der Waals surface area (Å²) in [4.78, 5) is 38.6. The molecular formula is C38H68N4O8. The van der Waals surface area contributed by atoms with E-state index in [4.69, 9.17) is 4.74 Å². The Morgan fingerprint density at radius 1 is 0.740 bits per heavy atom. The minimum Gasteiger partial charge on any atom is -0.394 e. The smallest absolute Gasteiger partial charge is 0.315 e. The van der Waals surface area contributed by atoms with Gasteiger partial charge >= 0.3 is 6.03 Å². The fraction of sp³-hybridized carbons (Fsp3) is 0.921. The van der Waals surface area contributed by atoms with Gasteiger partial charge in [0, 0.05) is 18.5 Å². The standard InChI is InChI=1S/C38H68N4O8/c1-2-3-4-10-13-16-29(35(48)41-36-34(47)33(46)32(45)30(25-43)50-36)40-31(44)17-14-11-8-6-5-7-9-12-15-18-39-37(49)42-38-22-26-19-27(23-38)21-28(20-26)24-38/h26-30,32-34,36,43,45-47H,2-25H2,1H3,(H,40,44)(H,41,48)(H2,39,42,49)/t26?,27?,28?,29?,30-,32-,33+,34-,36-,38?/m0/s1. The molecule has 1 aliphatic heterocycles. The largest absolute Gasteiger partial charge is 0.394 e. The Hall–Kier alpha value is -1.99. The topological polar surface area (TPSA) is 189 Å². The molecule has 50 heavy (non-hydrogen) atoms. The van der Waals surface area contributed by atoms with Crippen molar-refractivity contribution in [1.82, 2.24) is 21.3 Å². The van der Waals surface area contributed by atoms with Crippen molar-refractivity contribution in [1.29, 1.82) is 0 Å². The predicted molar refractivity (Wildman–Crippen MR) is 191 cm³/mol. The summed E-state index contributed by atoms with van der Waals surface area (Å²) in [5.41, 5.74) is 0.0647. The number of unbranched alkanes of at least 4 members (excludes halogenated alkanes) is 12. The quantitative estimate of drug-likeness (QED) is 0.0733. The van der Waals surface area contributed by atoms with E-state index in [1.54, 1.807) is 0 Å². The van der Waals surface area contributed by atoms with Crippen LogP contribution in [-0.2, 0) is 14.3 Å². The van der Waals surface area contributed by atoms with E-state index in [1.165, 1.54) is 44.9 Å². The number of hydrogen-bond donors (Lipinski definition) is 8. The molecular weight excluding hydrogens is 640 g/mol. The highest BCUT2D eigenvalue weighted by molar-refractivity contribution is 5.87. The molecule has 0 aromatic rings. The molecule has 0 radical (unpaired) electrons. The molecule has 0 aromatic heterocycles. The first-order chi connectivity index (χ1) is 24.1. The average Bonchev–Trinajstić information content (AvgIpc) is 3.07. The second-order valence-electron chi connectivity index (χ2n) is 16.1. The number of aliphatic hydroxyl groups is 4. The minimum absolute atomic E-state index is 0.0231. The highest BCUT2D eigenvalue weighted by Crippen LogP contribution is 2.55. The maximum Gasteiger partial charge on any atom is 0.315 e. The van der Waals surface area contributed by atoms with Crippen LogP contribution in [0.1, 0.15) is 148 Å². The van der Waals surface area contributed by atoms with Crippen LogP contribution >= 0.6 is 0 Å². The van der Waals surface area contributed by atoms with Gasteiger partial charge in [-0.3, -0.25) is 9.59 Å². The fourth-order valence-electron chi connectivity index (χ4n) is 9.35. The van der Waals surface area contributed by atoms with Crippen LogP contribution in [0.3, 0.4) is 0 Å². The summed E-state index contributed by atoms with van der Waals surface area (Å²) in [6, 6.07) is -0.794. The van der Waals surface area contributed by atoms with Crippen LogP contribution in [0.25, 0.3) is 0 Å². The third-order valence-electron chi connectivity index (χ3n) is 11.7. The first-order valence-electron chi connectivity index (χ1n) is 20.1. The Labute approximate surface area is 299 Å². The Morgan fingerprint density at radius 2 is 1.30 bits per heavy atom. The Balaban J connectivity index is 1.02. The van der Waals surface area contributed by atoms with E-state index in [0.717, 1.165) is 108 Å². The van der Waals surface area contributed by atoms with E-state index in [0.29, 0.717) is 12.8 Å². The summed E-state index contributed by atoms with van der Waals surface area (Å²) in [6.45, 7) is 2.27. The first kappa shape index (κ1) is 40.8. The van der Waals surface area contributed by atoms with Crippen molar-refractivity contribution in [2.24, 2.45) is 17.8 Å². The van der Waals surface area contributed by atoms with E-state index in [9.17, 15) is 34.8 Å². The molecule has 12 nitrogen and oxygen atoms in total.